The largest absolute Gasteiger partial charge is 0.486 e. The molecule has 6 heteroatoms. The summed E-state index contributed by atoms with van der Waals surface area (Å²) in [7, 11) is 0. The normalized spacial score (nSPS) is 20.5. The average molecular weight is 379 g/mol. The maximum atomic E-state index is 12.4. The van der Waals surface area contributed by atoms with Crippen LogP contribution in [0.1, 0.15) is 24.4 Å². The van der Waals surface area contributed by atoms with Gasteiger partial charge < -0.3 is 14.5 Å². The van der Waals surface area contributed by atoms with Gasteiger partial charge in [-0.25, -0.2) is 4.79 Å². The number of imidazole rings is 1. The summed E-state index contributed by atoms with van der Waals surface area (Å²) in [6, 6.07) is 14.2. The van der Waals surface area contributed by atoms with Crippen molar-refractivity contribution in [2.75, 3.05) is 26.2 Å². The maximum absolute atomic E-state index is 12.4. The van der Waals surface area contributed by atoms with Gasteiger partial charge in [0.25, 0.3) is 0 Å². The van der Waals surface area contributed by atoms with Gasteiger partial charge in [-0.05, 0) is 43.5 Å². The second kappa shape index (κ2) is 7.02. The van der Waals surface area contributed by atoms with E-state index >= 15 is 0 Å². The lowest BCUT2D eigenvalue weighted by Crippen LogP contribution is -2.45. The summed E-state index contributed by atoms with van der Waals surface area (Å²) in [5, 5.41) is 0. The summed E-state index contributed by atoms with van der Waals surface area (Å²) in [4.78, 5) is 17.8. The minimum atomic E-state index is -0.00404. The third-order valence-electron chi connectivity index (χ3n) is 5.89. The topological polar surface area (TPSA) is 59.5 Å². The van der Waals surface area contributed by atoms with E-state index in [1.54, 1.807) is 0 Å². The molecule has 2 aromatic carbocycles. The summed E-state index contributed by atoms with van der Waals surface area (Å²) in [5.74, 6) is 1.72. The molecule has 1 unspecified atom stereocenters. The molecule has 1 saturated heterocycles. The van der Waals surface area contributed by atoms with Crippen LogP contribution in [0.15, 0.2) is 47.3 Å². The van der Waals surface area contributed by atoms with Gasteiger partial charge in [-0.3, -0.25) is 9.47 Å². The van der Waals surface area contributed by atoms with E-state index < -0.39 is 0 Å². The number of benzene rings is 2. The van der Waals surface area contributed by atoms with Crippen LogP contribution < -0.4 is 15.2 Å². The molecule has 1 fully saturated rings. The lowest BCUT2D eigenvalue weighted by molar-refractivity contribution is 0.0481. The molecule has 3 aromatic rings. The number of hydrogen-bond acceptors (Lipinski definition) is 4. The van der Waals surface area contributed by atoms with Crippen LogP contribution in [0.4, 0.5) is 0 Å². The SMILES string of the molecule is Cc1cccc2c1OCC(CN1CCC(n3c(=O)[nH]c4ccccc43)CC1)O2. The molecule has 28 heavy (non-hydrogen) atoms. The molecule has 0 saturated carbocycles. The smallest absolute Gasteiger partial charge is 0.326 e. The second-order valence-corrected chi connectivity index (χ2v) is 7.80. The van der Waals surface area contributed by atoms with Crippen molar-refractivity contribution in [1.82, 2.24) is 14.5 Å². The van der Waals surface area contributed by atoms with Crippen LogP contribution in [0, 0.1) is 6.92 Å². The minimum absolute atomic E-state index is 0.00404. The molecule has 1 aromatic heterocycles. The Balaban J connectivity index is 1.23. The Morgan fingerprint density at radius 2 is 1.93 bits per heavy atom. The van der Waals surface area contributed by atoms with Gasteiger partial charge in [0.2, 0.25) is 0 Å². The van der Waals surface area contributed by atoms with Crippen molar-refractivity contribution in [3.63, 3.8) is 0 Å². The lowest BCUT2D eigenvalue weighted by Gasteiger charge is -2.36. The van der Waals surface area contributed by atoms with Gasteiger partial charge >= 0.3 is 5.69 Å². The molecule has 0 amide bonds. The highest BCUT2D eigenvalue weighted by molar-refractivity contribution is 5.75. The van der Waals surface area contributed by atoms with E-state index in [9.17, 15) is 4.79 Å². The Morgan fingerprint density at radius 1 is 1.11 bits per heavy atom. The molecule has 0 aliphatic carbocycles. The Labute approximate surface area is 163 Å². The number of H-pyrrole nitrogens is 1. The Morgan fingerprint density at radius 3 is 2.79 bits per heavy atom. The first-order valence-corrected chi connectivity index (χ1v) is 10.00. The van der Waals surface area contributed by atoms with Crippen molar-refractivity contribution in [1.29, 1.82) is 0 Å². The molecular formula is C22H25N3O3. The number of nitrogens with one attached hydrogen (secondary N) is 1. The highest BCUT2D eigenvalue weighted by Crippen LogP contribution is 2.35. The van der Waals surface area contributed by atoms with Crippen molar-refractivity contribution in [3.8, 4) is 11.5 Å². The first-order chi connectivity index (χ1) is 13.7. The number of piperidine rings is 1. The van der Waals surface area contributed by atoms with Crippen molar-refractivity contribution < 1.29 is 9.47 Å². The number of hydrogen-bond donors (Lipinski definition) is 1. The number of para-hydroxylation sites is 3. The third kappa shape index (κ3) is 3.07. The number of fused-ring (bicyclic) bond motifs is 2. The summed E-state index contributed by atoms with van der Waals surface area (Å²) in [5.41, 5.74) is 3.02. The molecule has 0 bridgehead atoms. The monoisotopic (exact) mass is 379 g/mol. The highest BCUT2D eigenvalue weighted by atomic mass is 16.6. The molecule has 0 spiro atoms. The zero-order valence-electron chi connectivity index (χ0n) is 16.1. The number of rotatable bonds is 3. The fourth-order valence-electron chi connectivity index (χ4n) is 4.47. The number of aromatic amines is 1. The van der Waals surface area contributed by atoms with Gasteiger partial charge in [0.1, 0.15) is 12.7 Å². The van der Waals surface area contributed by atoms with Gasteiger partial charge in [0.15, 0.2) is 11.5 Å². The number of aryl methyl sites for hydroxylation is 1. The molecule has 2 aliphatic rings. The average Bonchev–Trinajstić information content (AvgIpc) is 3.04. The predicted octanol–water partition coefficient (Wildman–Crippen LogP) is 3.11. The van der Waals surface area contributed by atoms with Crippen molar-refractivity contribution >= 4 is 11.0 Å². The van der Waals surface area contributed by atoms with E-state index in [2.05, 4.69) is 9.88 Å². The molecule has 6 nitrogen and oxygen atoms in total. The van der Waals surface area contributed by atoms with Gasteiger partial charge in [-0.1, -0.05) is 24.3 Å². The quantitative estimate of drug-likeness (QED) is 0.760. The summed E-state index contributed by atoms with van der Waals surface area (Å²) in [6.45, 7) is 5.39. The van der Waals surface area contributed by atoms with Crippen LogP contribution in [-0.2, 0) is 0 Å². The zero-order valence-corrected chi connectivity index (χ0v) is 16.1. The van der Waals surface area contributed by atoms with Crippen LogP contribution in [0.25, 0.3) is 11.0 Å². The summed E-state index contributed by atoms with van der Waals surface area (Å²) >= 11 is 0. The van der Waals surface area contributed by atoms with Crippen molar-refractivity contribution in [2.24, 2.45) is 0 Å². The Bertz CT molecular complexity index is 1050. The molecule has 1 atom stereocenters. The van der Waals surface area contributed by atoms with Crippen LogP contribution in [0.3, 0.4) is 0 Å². The number of likely N-dealkylation sites (tertiary alicyclic amines) is 1. The highest BCUT2D eigenvalue weighted by Gasteiger charge is 2.28. The fraction of sp³-hybridized carbons (Fsp3) is 0.409. The summed E-state index contributed by atoms with van der Waals surface area (Å²) < 4.78 is 14.1. The van der Waals surface area contributed by atoms with Gasteiger partial charge in [-0.15, -0.1) is 0 Å². The zero-order chi connectivity index (χ0) is 19.1. The molecule has 146 valence electrons. The van der Waals surface area contributed by atoms with E-state index in [0.29, 0.717) is 6.61 Å². The van der Waals surface area contributed by atoms with Crippen LogP contribution in [0.5, 0.6) is 11.5 Å². The number of aromatic nitrogens is 2. The lowest BCUT2D eigenvalue weighted by atomic mass is 10.0. The van der Waals surface area contributed by atoms with Gasteiger partial charge in [-0.2, -0.15) is 0 Å². The van der Waals surface area contributed by atoms with E-state index in [0.717, 1.165) is 60.6 Å². The minimum Gasteiger partial charge on any atom is -0.486 e. The van der Waals surface area contributed by atoms with Crippen molar-refractivity contribution in [3.05, 3.63) is 58.5 Å². The Hall–Kier alpha value is -2.73. The molecule has 0 radical (unpaired) electrons. The number of nitrogens with zero attached hydrogens (tertiary/aromatic N) is 2. The second-order valence-electron chi connectivity index (χ2n) is 7.80. The fourth-order valence-corrected chi connectivity index (χ4v) is 4.47. The van der Waals surface area contributed by atoms with Crippen LogP contribution >= 0.6 is 0 Å². The first kappa shape index (κ1) is 17.4. The van der Waals surface area contributed by atoms with Crippen LogP contribution in [0.2, 0.25) is 0 Å². The van der Waals surface area contributed by atoms with Crippen molar-refractivity contribution in [2.45, 2.75) is 31.9 Å². The third-order valence-corrected chi connectivity index (χ3v) is 5.89. The van der Waals surface area contributed by atoms with E-state index in [4.69, 9.17) is 9.47 Å². The van der Waals surface area contributed by atoms with Gasteiger partial charge in [0.05, 0.1) is 11.0 Å². The van der Waals surface area contributed by atoms with E-state index in [1.165, 1.54) is 0 Å². The first-order valence-electron chi connectivity index (χ1n) is 10.00. The van der Waals surface area contributed by atoms with Crippen LogP contribution in [-0.4, -0.2) is 46.8 Å². The maximum Gasteiger partial charge on any atom is 0.326 e. The molecule has 2 aliphatic heterocycles. The standard InChI is InChI=1S/C22H25N3O3/c1-15-5-4-8-20-21(15)27-14-17(28-20)13-24-11-9-16(10-12-24)25-19-7-3-2-6-18(19)23-22(25)26/h2-8,16-17H,9-14H2,1H3,(H,23,26). The van der Waals surface area contributed by atoms with Gasteiger partial charge in [0, 0.05) is 25.7 Å². The number of ether oxygens (including phenoxy) is 2. The summed E-state index contributed by atoms with van der Waals surface area (Å²) in [6.07, 6.45) is 1.97. The molecule has 1 N–H and O–H groups in total. The van der Waals surface area contributed by atoms with E-state index in [1.807, 2.05) is 54.0 Å². The Kier molecular flexibility index (Phi) is 4.36. The predicted molar refractivity (Wildman–Crippen MR) is 108 cm³/mol. The van der Waals surface area contributed by atoms with E-state index in [-0.39, 0.29) is 17.8 Å². The molecule has 3 heterocycles. The molecular weight excluding hydrogens is 354 g/mol. The molecule has 5 rings (SSSR count).